The van der Waals surface area contributed by atoms with E-state index in [1.807, 2.05) is 12.1 Å². The normalized spacial score (nSPS) is 14.6. The predicted molar refractivity (Wildman–Crippen MR) is 172 cm³/mol. The molecule has 0 heterocycles. The van der Waals surface area contributed by atoms with Gasteiger partial charge in [-0.3, -0.25) is 24.4 Å². The van der Waals surface area contributed by atoms with Crippen LogP contribution in [0.2, 0.25) is 0 Å². The minimum atomic E-state index is -4.61. The largest absolute Gasteiger partial charge is 0.507 e. The van der Waals surface area contributed by atoms with Gasteiger partial charge < -0.3 is 21.1 Å². The highest BCUT2D eigenvalue weighted by Crippen LogP contribution is 2.24. The molecule has 0 fully saturated rings. The number of anilines is 3. The zero-order chi connectivity index (χ0) is 33.7. The molecule has 0 radical (unpaired) electrons. The highest BCUT2D eigenvalue weighted by atomic mass is 32.2. The van der Waals surface area contributed by atoms with Crippen LogP contribution in [0.25, 0.3) is 11.1 Å². The van der Waals surface area contributed by atoms with E-state index in [0.717, 1.165) is 41.5 Å². The van der Waals surface area contributed by atoms with E-state index in [0.29, 0.717) is 17.1 Å². The first-order valence-electron chi connectivity index (χ1n) is 13.4. The number of nitrogens with one attached hydrogen (secondary N) is 3. The van der Waals surface area contributed by atoms with E-state index in [2.05, 4.69) is 31.6 Å². The molecule has 6 N–H and O–H groups in total. The molecule has 236 valence electrons. The number of rotatable bonds is 9. The van der Waals surface area contributed by atoms with Crippen LogP contribution < -0.4 is 37.8 Å². The SMILES string of the molecule is O=C1C=CC(S(=O)(=O)O)=CC1=N/N=c1\ccc(=O)/c(=N/Nc2ccc(-c3ccc(NNc4ccc(O)c(C(=O)O)c4)cc3)cc2)c1=O. The Morgan fingerprint density at radius 1 is 0.745 bits per heavy atom. The van der Waals surface area contributed by atoms with Crippen molar-refractivity contribution in [2.24, 2.45) is 15.3 Å². The van der Waals surface area contributed by atoms with Crippen LogP contribution in [0.3, 0.4) is 0 Å². The van der Waals surface area contributed by atoms with Crippen molar-refractivity contribution < 1.29 is 32.8 Å². The van der Waals surface area contributed by atoms with E-state index >= 15 is 0 Å². The van der Waals surface area contributed by atoms with E-state index < -0.39 is 48.7 Å². The second-order valence-corrected chi connectivity index (χ2v) is 11.2. The van der Waals surface area contributed by atoms with E-state index in [1.165, 1.54) is 18.2 Å². The Labute approximate surface area is 264 Å². The number of hydrazine groups is 1. The molecule has 1 aliphatic carbocycles. The fraction of sp³-hybridized carbons (Fsp3) is 0. The maximum Gasteiger partial charge on any atom is 0.339 e. The maximum absolute atomic E-state index is 12.8. The lowest BCUT2D eigenvalue weighted by atomic mass is 10.1. The Hall–Kier alpha value is -6.52. The first-order valence-corrected chi connectivity index (χ1v) is 14.8. The number of carbonyl (C=O) groups is 2. The van der Waals surface area contributed by atoms with Crippen LogP contribution in [-0.4, -0.2) is 40.6 Å². The number of aromatic hydroxyl groups is 1. The smallest absolute Gasteiger partial charge is 0.339 e. The third-order valence-corrected chi connectivity index (χ3v) is 7.40. The number of carboxylic acids is 1. The number of allylic oxidation sites excluding steroid dienone is 3. The molecule has 0 aliphatic heterocycles. The van der Waals surface area contributed by atoms with Crippen LogP contribution in [0, 0.1) is 0 Å². The average Bonchev–Trinajstić information content (AvgIpc) is 3.04. The van der Waals surface area contributed by atoms with Gasteiger partial charge in [0.2, 0.25) is 16.6 Å². The molecule has 47 heavy (non-hydrogen) atoms. The third-order valence-electron chi connectivity index (χ3n) is 6.55. The molecule has 0 bridgehead atoms. The Balaban J connectivity index is 1.28. The fourth-order valence-corrected chi connectivity index (χ4v) is 4.60. The number of phenols is 1. The molecule has 4 aromatic rings. The molecule has 5 rings (SSSR count). The molecule has 0 atom stereocenters. The van der Waals surface area contributed by atoms with Gasteiger partial charge in [-0.1, -0.05) is 24.3 Å². The topological polar surface area (TPSA) is 236 Å². The van der Waals surface area contributed by atoms with E-state index in [-0.39, 0.29) is 16.7 Å². The molecule has 0 amide bonds. The van der Waals surface area contributed by atoms with Gasteiger partial charge in [-0.2, -0.15) is 13.5 Å². The molecule has 15 nitrogen and oxygen atoms in total. The van der Waals surface area contributed by atoms with Crippen LogP contribution in [0.15, 0.2) is 127 Å². The van der Waals surface area contributed by atoms with Crippen LogP contribution in [0.5, 0.6) is 5.75 Å². The molecule has 0 spiro atoms. The molecular formula is C31H22N6O9S. The lowest BCUT2D eigenvalue weighted by Gasteiger charge is -2.12. The van der Waals surface area contributed by atoms with Gasteiger partial charge in [0.1, 0.15) is 22.4 Å². The van der Waals surface area contributed by atoms with Crippen molar-refractivity contribution in [1.82, 2.24) is 0 Å². The van der Waals surface area contributed by atoms with Crippen molar-refractivity contribution in [3.8, 4) is 16.9 Å². The molecule has 16 heteroatoms. The van der Waals surface area contributed by atoms with Crippen LogP contribution in [0.4, 0.5) is 17.1 Å². The van der Waals surface area contributed by atoms with Gasteiger partial charge in [0, 0.05) is 0 Å². The number of carboxylic acid groups (broad SMARTS) is 1. The summed E-state index contributed by atoms with van der Waals surface area (Å²) in [5, 5.41) is 29.2. The molecule has 4 aromatic carbocycles. The van der Waals surface area contributed by atoms with Crippen molar-refractivity contribution in [3.05, 3.63) is 139 Å². The lowest BCUT2D eigenvalue weighted by molar-refractivity contribution is -0.108. The summed E-state index contributed by atoms with van der Waals surface area (Å²) >= 11 is 0. The zero-order valence-electron chi connectivity index (χ0n) is 23.8. The standard InChI is InChI=1S/C31H22N6O9S/c38-26-12-9-21(15-23(26)31(42)43)34-32-19-5-1-17(2-6-19)18-3-7-20(8-4-18)33-37-29-28(40)14-11-24(30(29)41)35-36-25-16-22(47(44,45)46)10-13-27(25)39/h1-16,32-34,38H,(H,42,43)(H,44,45,46)/b35-24+,36-25?,37-29-. The van der Waals surface area contributed by atoms with Gasteiger partial charge in [0.05, 0.1) is 22.0 Å². The zero-order valence-corrected chi connectivity index (χ0v) is 24.6. The molecule has 0 saturated heterocycles. The van der Waals surface area contributed by atoms with Crippen molar-refractivity contribution in [2.75, 3.05) is 16.3 Å². The van der Waals surface area contributed by atoms with E-state index in [4.69, 9.17) is 5.11 Å². The Morgan fingerprint density at radius 3 is 2.00 bits per heavy atom. The molecular weight excluding hydrogens is 632 g/mol. The molecule has 0 saturated carbocycles. The van der Waals surface area contributed by atoms with Gasteiger partial charge in [-0.15, -0.1) is 10.2 Å². The summed E-state index contributed by atoms with van der Waals surface area (Å²) in [5.41, 5.74) is 9.47. The summed E-state index contributed by atoms with van der Waals surface area (Å²) in [6.45, 7) is 0. The second kappa shape index (κ2) is 13.2. The Bertz CT molecular complexity index is 2340. The summed E-state index contributed by atoms with van der Waals surface area (Å²) in [6.07, 6.45) is 2.57. The molecule has 0 unspecified atom stereocenters. The predicted octanol–water partition coefficient (Wildman–Crippen LogP) is 1.89. The first-order chi connectivity index (χ1) is 22.4. The maximum atomic E-state index is 12.8. The van der Waals surface area contributed by atoms with Crippen LogP contribution in [0.1, 0.15) is 10.4 Å². The second-order valence-electron chi connectivity index (χ2n) is 9.73. The van der Waals surface area contributed by atoms with Gasteiger partial charge in [-0.05, 0) is 84.0 Å². The fourth-order valence-electron chi connectivity index (χ4n) is 4.10. The van der Waals surface area contributed by atoms with Gasteiger partial charge in [0.15, 0.2) is 5.36 Å². The number of hydrogen-bond acceptors (Lipinski definition) is 13. The summed E-state index contributed by atoms with van der Waals surface area (Å²) in [7, 11) is -4.61. The molecule has 1 aliphatic rings. The number of benzene rings is 4. The minimum Gasteiger partial charge on any atom is -0.507 e. The van der Waals surface area contributed by atoms with Crippen molar-refractivity contribution in [2.45, 2.75) is 0 Å². The molecule has 0 aromatic heterocycles. The van der Waals surface area contributed by atoms with Crippen molar-refractivity contribution >= 4 is 44.6 Å². The first kappa shape index (κ1) is 31.9. The average molecular weight is 655 g/mol. The summed E-state index contributed by atoms with van der Waals surface area (Å²) in [5.74, 6) is -2.31. The summed E-state index contributed by atoms with van der Waals surface area (Å²) in [4.78, 5) is 47.8. The minimum absolute atomic E-state index is 0.236. The van der Waals surface area contributed by atoms with Gasteiger partial charge >= 0.3 is 5.97 Å². The number of nitrogens with zero attached hydrogens (tertiary/aromatic N) is 3. The Kier molecular flexibility index (Phi) is 8.97. The van der Waals surface area contributed by atoms with E-state index in [1.54, 1.807) is 36.4 Å². The summed E-state index contributed by atoms with van der Waals surface area (Å²) in [6, 6.07) is 20.4. The van der Waals surface area contributed by atoms with Crippen LogP contribution in [-0.2, 0) is 14.9 Å². The van der Waals surface area contributed by atoms with Crippen molar-refractivity contribution in [3.63, 3.8) is 0 Å². The summed E-state index contributed by atoms with van der Waals surface area (Å²) < 4.78 is 31.9. The number of aromatic carboxylic acids is 1. The Morgan fingerprint density at radius 2 is 1.36 bits per heavy atom. The van der Waals surface area contributed by atoms with Gasteiger partial charge in [0.25, 0.3) is 10.1 Å². The third kappa shape index (κ3) is 7.59. The highest BCUT2D eigenvalue weighted by molar-refractivity contribution is 7.90. The van der Waals surface area contributed by atoms with Crippen molar-refractivity contribution in [1.29, 1.82) is 0 Å². The number of hydrogen-bond donors (Lipinski definition) is 6. The number of carbonyl (C=O) groups excluding carboxylic acids is 1. The van der Waals surface area contributed by atoms with E-state index in [9.17, 15) is 37.3 Å². The lowest BCUT2D eigenvalue weighted by Crippen LogP contribution is -2.47. The highest BCUT2D eigenvalue weighted by Gasteiger charge is 2.19. The monoisotopic (exact) mass is 654 g/mol. The van der Waals surface area contributed by atoms with Crippen LogP contribution >= 0.6 is 0 Å². The number of ketones is 1. The quantitative estimate of drug-likeness (QED) is 0.0657. The van der Waals surface area contributed by atoms with Gasteiger partial charge in [-0.25, -0.2) is 4.79 Å².